The fourth-order valence-electron chi connectivity index (χ4n) is 2.28. The molecule has 0 bridgehead atoms. The number of rotatable bonds is 7. The van der Waals surface area contributed by atoms with Gasteiger partial charge in [0.15, 0.2) is 0 Å². The van der Waals surface area contributed by atoms with Gasteiger partial charge < -0.3 is 15.6 Å². The lowest BCUT2D eigenvalue weighted by atomic mass is 9.94. The Morgan fingerprint density at radius 3 is 2.58 bits per heavy atom. The van der Waals surface area contributed by atoms with Crippen LogP contribution in [0.1, 0.15) is 45.0 Å². The highest BCUT2D eigenvalue weighted by atomic mass is 16.1. The zero-order valence-corrected chi connectivity index (χ0v) is 12.7. The van der Waals surface area contributed by atoms with E-state index >= 15 is 0 Å². The van der Waals surface area contributed by atoms with Gasteiger partial charge in [0.05, 0.1) is 17.6 Å². The zero-order valence-electron chi connectivity index (χ0n) is 12.7. The molecular formula is C14H26N4O. The van der Waals surface area contributed by atoms with Gasteiger partial charge in [-0.15, -0.1) is 0 Å². The van der Waals surface area contributed by atoms with Crippen molar-refractivity contribution in [2.45, 2.75) is 65.6 Å². The second kappa shape index (κ2) is 6.19. The fourth-order valence-corrected chi connectivity index (χ4v) is 2.28. The average molecular weight is 266 g/mol. The highest BCUT2D eigenvalue weighted by Crippen LogP contribution is 2.15. The second-order valence-electron chi connectivity index (χ2n) is 5.71. The van der Waals surface area contributed by atoms with Gasteiger partial charge >= 0.3 is 0 Å². The van der Waals surface area contributed by atoms with Gasteiger partial charge in [-0.2, -0.15) is 0 Å². The molecular weight excluding hydrogens is 240 g/mol. The maximum atomic E-state index is 11.6. The summed E-state index contributed by atoms with van der Waals surface area (Å²) in [6.45, 7) is 10.8. The van der Waals surface area contributed by atoms with Crippen molar-refractivity contribution in [3.63, 3.8) is 0 Å². The second-order valence-corrected chi connectivity index (χ2v) is 5.71. The Labute approximate surface area is 115 Å². The molecule has 0 spiro atoms. The number of nitrogens with zero attached hydrogens (tertiary/aromatic N) is 2. The number of hydrogen-bond donors (Lipinski definition) is 2. The largest absolute Gasteiger partial charge is 0.368 e. The van der Waals surface area contributed by atoms with Crippen molar-refractivity contribution in [1.29, 1.82) is 0 Å². The van der Waals surface area contributed by atoms with Crippen LogP contribution in [0.2, 0.25) is 0 Å². The SMILES string of the molecule is Cc1ncn(CCCC(C)(NC(C)C)C(N)=O)c1C. The summed E-state index contributed by atoms with van der Waals surface area (Å²) in [4.78, 5) is 15.9. The molecule has 0 aromatic carbocycles. The molecule has 1 aromatic rings. The molecule has 0 aliphatic carbocycles. The summed E-state index contributed by atoms with van der Waals surface area (Å²) in [5, 5.41) is 3.26. The molecule has 0 saturated heterocycles. The number of carbonyl (C=O) groups is 1. The van der Waals surface area contributed by atoms with Gasteiger partial charge in [0.1, 0.15) is 0 Å². The number of aryl methyl sites for hydroxylation is 2. The molecule has 0 aliphatic heterocycles. The fraction of sp³-hybridized carbons (Fsp3) is 0.714. The van der Waals surface area contributed by atoms with Crippen LogP contribution in [0, 0.1) is 13.8 Å². The summed E-state index contributed by atoms with van der Waals surface area (Å²) >= 11 is 0. The van der Waals surface area contributed by atoms with Crippen molar-refractivity contribution in [3.8, 4) is 0 Å². The van der Waals surface area contributed by atoms with Crippen molar-refractivity contribution in [3.05, 3.63) is 17.7 Å². The average Bonchev–Trinajstić information content (AvgIpc) is 2.59. The van der Waals surface area contributed by atoms with Crippen LogP contribution in [0.4, 0.5) is 0 Å². The summed E-state index contributed by atoms with van der Waals surface area (Å²) in [5.41, 5.74) is 7.10. The summed E-state index contributed by atoms with van der Waals surface area (Å²) < 4.78 is 2.12. The van der Waals surface area contributed by atoms with Crippen LogP contribution in [-0.2, 0) is 11.3 Å². The van der Waals surface area contributed by atoms with Crippen LogP contribution in [-0.4, -0.2) is 27.0 Å². The molecule has 0 radical (unpaired) electrons. The van der Waals surface area contributed by atoms with Crippen LogP contribution in [0.15, 0.2) is 6.33 Å². The first-order valence-corrected chi connectivity index (χ1v) is 6.82. The quantitative estimate of drug-likeness (QED) is 0.786. The maximum Gasteiger partial charge on any atom is 0.237 e. The molecule has 19 heavy (non-hydrogen) atoms. The van der Waals surface area contributed by atoms with Crippen LogP contribution < -0.4 is 11.1 Å². The number of primary amides is 1. The van der Waals surface area contributed by atoms with Crippen LogP contribution >= 0.6 is 0 Å². The Bertz CT molecular complexity index is 439. The number of nitrogens with two attached hydrogens (primary N) is 1. The highest BCUT2D eigenvalue weighted by Gasteiger charge is 2.30. The van der Waals surface area contributed by atoms with Crippen molar-refractivity contribution in [2.24, 2.45) is 5.73 Å². The van der Waals surface area contributed by atoms with Gasteiger partial charge in [-0.1, -0.05) is 0 Å². The smallest absolute Gasteiger partial charge is 0.237 e. The molecule has 0 fully saturated rings. The number of nitrogens with one attached hydrogen (secondary N) is 1. The van der Waals surface area contributed by atoms with E-state index in [1.807, 2.05) is 34.0 Å². The van der Waals surface area contributed by atoms with E-state index in [1.165, 1.54) is 5.69 Å². The number of imidazole rings is 1. The predicted molar refractivity (Wildman–Crippen MR) is 76.8 cm³/mol. The van der Waals surface area contributed by atoms with Crippen LogP contribution in [0.25, 0.3) is 0 Å². The molecule has 1 amide bonds. The van der Waals surface area contributed by atoms with Crippen molar-refractivity contribution < 1.29 is 4.79 Å². The van der Waals surface area contributed by atoms with Crippen LogP contribution in [0.5, 0.6) is 0 Å². The third-order valence-corrected chi connectivity index (χ3v) is 3.57. The highest BCUT2D eigenvalue weighted by molar-refractivity contribution is 5.84. The summed E-state index contributed by atoms with van der Waals surface area (Å²) in [5.74, 6) is -0.292. The molecule has 108 valence electrons. The van der Waals surface area contributed by atoms with Crippen LogP contribution in [0.3, 0.4) is 0 Å². The molecule has 1 unspecified atom stereocenters. The van der Waals surface area contributed by atoms with Gasteiger partial charge in [0, 0.05) is 18.3 Å². The lowest BCUT2D eigenvalue weighted by Crippen LogP contribution is -2.55. The third-order valence-electron chi connectivity index (χ3n) is 3.57. The normalized spacial score (nSPS) is 14.6. The molecule has 0 aliphatic rings. The van der Waals surface area contributed by atoms with Gasteiger partial charge in [-0.05, 0) is 47.5 Å². The van der Waals surface area contributed by atoms with Crippen molar-refractivity contribution >= 4 is 5.91 Å². The van der Waals surface area contributed by atoms with Gasteiger partial charge in [0.25, 0.3) is 0 Å². The van der Waals surface area contributed by atoms with E-state index in [1.54, 1.807) is 0 Å². The van der Waals surface area contributed by atoms with Gasteiger partial charge in [-0.25, -0.2) is 4.98 Å². The van der Waals surface area contributed by atoms with Crippen molar-refractivity contribution in [2.75, 3.05) is 0 Å². The topological polar surface area (TPSA) is 72.9 Å². The summed E-state index contributed by atoms with van der Waals surface area (Å²) in [6.07, 6.45) is 3.45. The molecule has 1 heterocycles. The van der Waals surface area contributed by atoms with E-state index in [-0.39, 0.29) is 11.9 Å². The number of carbonyl (C=O) groups excluding carboxylic acids is 1. The number of hydrogen-bond acceptors (Lipinski definition) is 3. The predicted octanol–water partition coefficient (Wildman–Crippen LogP) is 1.52. The Kier molecular flexibility index (Phi) is 5.11. The molecule has 0 saturated carbocycles. The van der Waals surface area contributed by atoms with Gasteiger partial charge in [-0.3, -0.25) is 4.79 Å². The Balaban J connectivity index is 2.58. The van der Waals surface area contributed by atoms with E-state index < -0.39 is 5.54 Å². The van der Waals surface area contributed by atoms with Crippen molar-refractivity contribution in [1.82, 2.24) is 14.9 Å². The monoisotopic (exact) mass is 266 g/mol. The van der Waals surface area contributed by atoms with E-state index in [0.717, 1.165) is 25.1 Å². The first-order chi connectivity index (χ1) is 8.76. The number of aromatic nitrogens is 2. The Hall–Kier alpha value is -1.36. The zero-order chi connectivity index (χ0) is 14.6. The lowest BCUT2D eigenvalue weighted by Gasteiger charge is -2.30. The van der Waals surface area contributed by atoms with E-state index in [4.69, 9.17) is 5.73 Å². The molecule has 1 atom stereocenters. The first kappa shape index (κ1) is 15.7. The minimum absolute atomic E-state index is 0.231. The van der Waals surface area contributed by atoms with Gasteiger partial charge in [0.2, 0.25) is 5.91 Å². The standard InChI is InChI=1S/C14H26N4O/c1-10(2)17-14(5,13(15)19)7-6-8-18-9-16-11(3)12(18)4/h9-10,17H,6-8H2,1-5H3,(H2,15,19). The minimum Gasteiger partial charge on any atom is -0.368 e. The lowest BCUT2D eigenvalue weighted by molar-refractivity contribution is -0.124. The maximum absolute atomic E-state index is 11.6. The first-order valence-electron chi connectivity index (χ1n) is 6.82. The Morgan fingerprint density at radius 2 is 2.16 bits per heavy atom. The van der Waals surface area contributed by atoms with E-state index in [9.17, 15) is 4.79 Å². The number of amides is 1. The molecule has 1 rings (SSSR count). The van der Waals surface area contributed by atoms with E-state index in [2.05, 4.69) is 21.8 Å². The minimum atomic E-state index is -0.641. The summed E-state index contributed by atoms with van der Waals surface area (Å²) in [6, 6.07) is 0.231. The third kappa shape index (κ3) is 4.06. The summed E-state index contributed by atoms with van der Waals surface area (Å²) in [7, 11) is 0. The molecule has 5 nitrogen and oxygen atoms in total. The molecule has 1 aromatic heterocycles. The molecule has 5 heteroatoms. The molecule has 3 N–H and O–H groups in total. The Morgan fingerprint density at radius 1 is 1.53 bits per heavy atom. The van der Waals surface area contributed by atoms with E-state index in [0.29, 0.717) is 0 Å².